The van der Waals surface area contributed by atoms with Crippen molar-refractivity contribution in [2.45, 2.75) is 6.92 Å². The van der Waals surface area contributed by atoms with Crippen LogP contribution < -0.4 is 5.73 Å². The molecule has 8 heteroatoms. The summed E-state index contributed by atoms with van der Waals surface area (Å²) in [4.78, 5) is 9.96. The number of rotatable bonds is 2. The van der Waals surface area contributed by atoms with Crippen LogP contribution in [0.15, 0.2) is 18.3 Å². The Balaban J connectivity index is 2.49. The van der Waals surface area contributed by atoms with E-state index in [0.717, 1.165) is 11.9 Å². The van der Waals surface area contributed by atoms with Gasteiger partial charge in [0, 0.05) is 0 Å². The minimum atomic E-state index is -0.597. The molecule has 0 saturated heterocycles. The van der Waals surface area contributed by atoms with Gasteiger partial charge in [-0.15, -0.1) is 5.10 Å². The lowest BCUT2D eigenvalue weighted by Crippen LogP contribution is -2.06. The molecule has 0 aliphatic heterocycles. The smallest absolute Gasteiger partial charge is 0.331 e. The summed E-state index contributed by atoms with van der Waals surface area (Å²) in [6.07, 6.45) is 1.08. The molecule has 0 aromatic carbocycles. The van der Waals surface area contributed by atoms with Crippen molar-refractivity contribution in [1.29, 1.82) is 0 Å². The predicted molar refractivity (Wildman–Crippen MR) is 55.0 cm³/mol. The van der Waals surface area contributed by atoms with Gasteiger partial charge in [-0.25, -0.2) is 0 Å². The van der Waals surface area contributed by atoms with Crippen LogP contribution in [0.25, 0.3) is 5.82 Å². The van der Waals surface area contributed by atoms with Gasteiger partial charge in [-0.1, -0.05) is 0 Å². The number of hydrogen-bond donors (Lipinski definition) is 1. The average Bonchev–Trinajstić information content (AvgIpc) is 2.61. The lowest BCUT2D eigenvalue weighted by atomic mass is 10.4. The summed E-state index contributed by atoms with van der Waals surface area (Å²) < 4.78 is 1.17. The molecule has 0 atom stereocenters. The van der Waals surface area contributed by atoms with Crippen LogP contribution in [0.1, 0.15) is 5.69 Å². The Hall–Kier alpha value is -2.51. The monoisotopic (exact) mass is 220 g/mol. The molecule has 0 aliphatic rings. The summed E-state index contributed by atoms with van der Waals surface area (Å²) in [5, 5.41) is 22.0. The highest BCUT2D eigenvalue weighted by atomic mass is 16.6. The Labute approximate surface area is 89.9 Å². The van der Waals surface area contributed by atoms with Gasteiger partial charge < -0.3 is 5.73 Å². The van der Waals surface area contributed by atoms with Gasteiger partial charge in [-0.05, 0) is 19.1 Å². The third-order valence-corrected chi connectivity index (χ3v) is 1.98. The van der Waals surface area contributed by atoms with Crippen molar-refractivity contribution >= 4 is 11.5 Å². The van der Waals surface area contributed by atoms with Gasteiger partial charge in [0.2, 0.25) is 5.82 Å². The van der Waals surface area contributed by atoms with E-state index in [4.69, 9.17) is 5.73 Å². The van der Waals surface area contributed by atoms with E-state index >= 15 is 0 Å². The quantitative estimate of drug-likeness (QED) is 0.581. The second kappa shape index (κ2) is 3.57. The number of nitrogens with zero attached hydrogens (tertiary/aromatic N) is 5. The van der Waals surface area contributed by atoms with E-state index in [1.165, 1.54) is 4.68 Å². The maximum Gasteiger partial charge on any atom is 0.331 e. The second-order valence-electron chi connectivity index (χ2n) is 3.12. The van der Waals surface area contributed by atoms with E-state index in [1.54, 1.807) is 19.1 Å². The van der Waals surface area contributed by atoms with E-state index in [-0.39, 0.29) is 11.5 Å². The molecule has 0 fully saturated rings. The van der Waals surface area contributed by atoms with Gasteiger partial charge in [0.15, 0.2) is 5.82 Å². The predicted octanol–water partition coefficient (Wildman–Crippen LogP) is 0.461. The number of aromatic nitrogens is 4. The number of nitrogen functional groups attached to an aromatic ring is 1. The largest absolute Gasteiger partial charge is 0.378 e. The Morgan fingerprint density at radius 2 is 2.19 bits per heavy atom. The molecule has 2 aromatic rings. The van der Waals surface area contributed by atoms with Gasteiger partial charge >= 0.3 is 5.69 Å². The highest BCUT2D eigenvalue weighted by Gasteiger charge is 2.18. The Morgan fingerprint density at radius 3 is 2.69 bits per heavy atom. The summed E-state index contributed by atoms with van der Waals surface area (Å²) in [6.45, 7) is 1.78. The number of hydrogen-bond acceptors (Lipinski definition) is 6. The molecule has 0 amide bonds. The van der Waals surface area contributed by atoms with E-state index in [9.17, 15) is 10.1 Å². The van der Waals surface area contributed by atoms with Crippen molar-refractivity contribution < 1.29 is 4.92 Å². The number of nitro groups is 1. The van der Waals surface area contributed by atoms with E-state index < -0.39 is 4.92 Å². The first-order chi connectivity index (χ1) is 7.59. The maximum absolute atomic E-state index is 10.6. The van der Waals surface area contributed by atoms with Crippen LogP contribution in [0.4, 0.5) is 11.5 Å². The third kappa shape index (κ3) is 1.56. The lowest BCUT2D eigenvalue weighted by molar-refractivity contribution is -0.383. The van der Waals surface area contributed by atoms with Crippen molar-refractivity contribution in [3.8, 4) is 5.82 Å². The summed E-state index contributed by atoms with van der Waals surface area (Å²) in [6, 6.07) is 3.35. The molecule has 0 aliphatic carbocycles. The highest BCUT2D eigenvalue weighted by molar-refractivity contribution is 5.54. The SMILES string of the molecule is Cc1ccc(-n2ncc([N+](=O)[O-])c2N)nn1. The summed E-state index contributed by atoms with van der Waals surface area (Å²) in [5.74, 6) is 0.277. The summed E-state index contributed by atoms with van der Waals surface area (Å²) >= 11 is 0. The molecular weight excluding hydrogens is 212 g/mol. The minimum Gasteiger partial charge on any atom is -0.378 e. The van der Waals surface area contributed by atoms with E-state index in [0.29, 0.717) is 5.82 Å². The first kappa shape index (κ1) is 10.0. The normalized spacial score (nSPS) is 10.3. The number of anilines is 1. The molecule has 2 N–H and O–H groups in total. The van der Waals surface area contributed by atoms with Crippen LogP contribution in [0.5, 0.6) is 0 Å². The number of aryl methyl sites for hydroxylation is 1. The van der Waals surface area contributed by atoms with Crippen molar-refractivity contribution in [3.63, 3.8) is 0 Å². The Kier molecular flexibility index (Phi) is 2.24. The van der Waals surface area contributed by atoms with Crippen LogP contribution in [0, 0.1) is 17.0 Å². The van der Waals surface area contributed by atoms with Crippen molar-refractivity contribution in [2.24, 2.45) is 0 Å². The van der Waals surface area contributed by atoms with Crippen molar-refractivity contribution in [3.05, 3.63) is 34.1 Å². The molecule has 8 nitrogen and oxygen atoms in total. The summed E-state index contributed by atoms with van der Waals surface area (Å²) in [7, 11) is 0. The van der Waals surface area contributed by atoms with Crippen molar-refractivity contribution in [1.82, 2.24) is 20.0 Å². The van der Waals surface area contributed by atoms with Gasteiger partial charge in [0.1, 0.15) is 6.20 Å². The van der Waals surface area contributed by atoms with Gasteiger partial charge in [0.25, 0.3) is 0 Å². The molecule has 0 bridgehead atoms. The standard InChI is InChI=1S/C8H8N6O2/c1-5-2-3-7(12-11-5)13-8(9)6(4-10-13)14(15)16/h2-4H,9H2,1H3. The molecule has 16 heavy (non-hydrogen) atoms. The fraction of sp³-hybridized carbons (Fsp3) is 0.125. The van der Waals surface area contributed by atoms with Crippen LogP contribution in [-0.2, 0) is 0 Å². The van der Waals surface area contributed by atoms with Gasteiger partial charge in [0.05, 0.1) is 10.6 Å². The molecule has 2 rings (SSSR count). The van der Waals surface area contributed by atoms with Crippen LogP contribution in [-0.4, -0.2) is 24.9 Å². The second-order valence-corrected chi connectivity index (χ2v) is 3.12. The fourth-order valence-electron chi connectivity index (χ4n) is 1.18. The average molecular weight is 220 g/mol. The highest BCUT2D eigenvalue weighted by Crippen LogP contribution is 2.22. The van der Waals surface area contributed by atoms with Crippen molar-refractivity contribution in [2.75, 3.05) is 5.73 Å². The molecular formula is C8H8N6O2. The van der Waals surface area contributed by atoms with Crippen LogP contribution in [0.3, 0.4) is 0 Å². The Morgan fingerprint density at radius 1 is 1.44 bits per heavy atom. The molecule has 0 saturated carbocycles. The topological polar surface area (TPSA) is 113 Å². The van der Waals surface area contributed by atoms with Gasteiger partial charge in [-0.2, -0.15) is 14.9 Å². The zero-order chi connectivity index (χ0) is 11.7. The molecule has 2 heterocycles. The van der Waals surface area contributed by atoms with Gasteiger partial charge in [-0.3, -0.25) is 10.1 Å². The summed E-state index contributed by atoms with van der Waals surface area (Å²) in [5.41, 5.74) is 6.06. The lowest BCUT2D eigenvalue weighted by Gasteiger charge is -2.00. The number of nitrogens with two attached hydrogens (primary N) is 1. The van der Waals surface area contributed by atoms with E-state index in [1.807, 2.05) is 0 Å². The molecule has 0 radical (unpaired) electrons. The minimum absolute atomic E-state index is 0.0665. The molecule has 0 spiro atoms. The first-order valence-corrected chi connectivity index (χ1v) is 4.38. The fourth-order valence-corrected chi connectivity index (χ4v) is 1.18. The Bertz CT molecular complexity index is 532. The first-order valence-electron chi connectivity index (χ1n) is 4.38. The molecule has 82 valence electrons. The molecule has 0 unspecified atom stereocenters. The van der Waals surface area contributed by atoms with Crippen LogP contribution in [0.2, 0.25) is 0 Å². The maximum atomic E-state index is 10.6. The molecule has 2 aromatic heterocycles. The zero-order valence-corrected chi connectivity index (χ0v) is 8.36. The zero-order valence-electron chi connectivity index (χ0n) is 8.36. The van der Waals surface area contributed by atoms with Crippen LogP contribution >= 0.6 is 0 Å². The van der Waals surface area contributed by atoms with E-state index in [2.05, 4.69) is 15.3 Å². The third-order valence-electron chi connectivity index (χ3n) is 1.98.